The third kappa shape index (κ3) is 3.93. The normalized spacial score (nSPS) is 10.1. The lowest BCUT2D eigenvalue weighted by Crippen LogP contribution is -2.10. The number of hydrogen-bond donors (Lipinski definition) is 1. The van der Waals surface area contributed by atoms with Crippen molar-refractivity contribution in [3.63, 3.8) is 0 Å². The van der Waals surface area contributed by atoms with E-state index in [9.17, 15) is 9.90 Å². The molecule has 118 valence electrons. The highest BCUT2D eigenvalue weighted by Crippen LogP contribution is 2.47. The summed E-state index contributed by atoms with van der Waals surface area (Å²) in [7, 11) is 0. The molecule has 6 heteroatoms. The second-order valence-corrected chi connectivity index (χ2v) is 3.95. The number of ether oxygens (including phenoxy) is 4. The minimum Gasteiger partial charge on any atom is -0.490 e. The van der Waals surface area contributed by atoms with Crippen LogP contribution >= 0.6 is 0 Å². The molecule has 6 nitrogen and oxygen atoms in total. The molecule has 1 aromatic rings. The molecule has 0 aromatic heterocycles. The Bertz CT molecular complexity index is 484. The van der Waals surface area contributed by atoms with Gasteiger partial charge < -0.3 is 24.1 Å². The summed E-state index contributed by atoms with van der Waals surface area (Å²) >= 11 is 0. The number of benzene rings is 1. The molecule has 0 fully saturated rings. The van der Waals surface area contributed by atoms with E-state index in [1.54, 1.807) is 13.8 Å². The van der Waals surface area contributed by atoms with E-state index >= 15 is 0 Å². The lowest BCUT2D eigenvalue weighted by Gasteiger charge is -2.20. The number of rotatable bonds is 9. The molecular weight excluding hydrogens is 276 g/mol. The van der Waals surface area contributed by atoms with Gasteiger partial charge in [0.25, 0.3) is 0 Å². The van der Waals surface area contributed by atoms with E-state index < -0.39 is 5.97 Å². The van der Waals surface area contributed by atoms with Gasteiger partial charge in [-0.1, -0.05) is 0 Å². The molecule has 0 heterocycles. The summed E-state index contributed by atoms with van der Waals surface area (Å²) in [5.74, 6) is 0.0324. The van der Waals surface area contributed by atoms with Gasteiger partial charge in [-0.3, -0.25) is 0 Å². The van der Waals surface area contributed by atoms with Crippen molar-refractivity contribution in [3.05, 3.63) is 11.6 Å². The zero-order valence-electron chi connectivity index (χ0n) is 12.9. The molecule has 0 aliphatic carbocycles. The first-order valence-corrected chi connectivity index (χ1v) is 7.05. The predicted molar refractivity (Wildman–Crippen MR) is 78.1 cm³/mol. The Morgan fingerprint density at radius 2 is 1.33 bits per heavy atom. The maximum atomic E-state index is 11.4. The third-order valence-corrected chi connectivity index (χ3v) is 2.55. The highest BCUT2D eigenvalue weighted by atomic mass is 16.6. The average molecular weight is 298 g/mol. The molecule has 0 saturated carbocycles. The molecule has 1 N–H and O–H groups in total. The Labute approximate surface area is 124 Å². The van der Waals surface area contributed by atoms with Gasteiger partial charge in [-0.05, 0) is 27.7 Å². The van der Waals surface area contributed by atoms with Gasteiger partial charge >= 0.3 is 5.97 Å². The van der Waals surface area contributed by atoms with Crippen molar-refractivity contribution >= 4 is 5.97 Å². The smallest absolute Gasteiger partial charge is 0.339 e. The van der Waals surface area contributed by atoms with Crippen LogP contribution in [0.4, 0.5) is 0 Å². The molecular formula is C15H22O6. The summed E-state index contributed by atoms with van der Waals surface area (Å²) in [5, 5.41) is 9.37. The molecule has 0 radical (unpaired) electrons. The molecule has 21 heavy (non-hydrogen) atoms. The molecule has 0 unspecified atom stereocenters. The van der Waals surface area contributed by atoms with Gasteiger partial charge in [-0.2, -0.15) is 0 Å². The van der Waals surface area contributed by atoms with E-state index in [1.807, 2.05) is 13.8 Å². The maximum absolute atomic E-state index is 11.4. The fourth-order valence-corrected chi connectivity index (χ4v) is 1.87. The van der Waals surface area contributed by atoms with Crippen molar-refractivity contribution in [1.82, 2.24) is 0 Å². The van der Waals surface area contributed by atoms with E-state index in [0.29, 0.717) is 37.9 Å². The minimum atomic E-state index is -1.11. The van der Waals surface area contributed by atoms with Gasteiger partial charge in [-0.25, -0.2) is 4.79 Å². The van der Waals surface area contributed by atoms with E-state index in [2.05, 4.69) is 0 Å². The van der Waals surface area contributed by atoms with E-state index in [0.717, 1.165) is 0 Å². The number of hydrogen-bond acceptors (Lipinski definition) is 5. The Kier molecular flexibility index (Phi) is 6.65. The van der Waals surface area contributed by atoms with Crippen LogP contribution in [0.3, 0.4) is 0 Å². The molecule has 1 aromatic carbocycles. The number of carbonyl (C=O) groups is 1. The molecule has 0 spiro atoms. The molecule has 0 saturated heterocycles. The summed E-state index contributed by atoms with van der Waals surface area (Å²) in [5.41, 5.74) is -0.00722. The van der Waals surface area contributed by atoms with Crippen LogP contribution in [0, 0.1) is 0 Å². The van der Waals surface area contributed by atoms with Gasteiger partial charge in [0.15, 0.2) is 11.5 Å². The Balaban J connectivity index is 3.56. The van der Waals surface area contributed by atoms with Crippen molar-refractivity contribution in [3.8, 4) is 23.0 Å². The van der Waals surface area contributed by atoms with Crippen LogP contribution in [0.15, 0.2) is 6.07 Å². The summed E-state index contributed by atoms with van der Waals surface area (Å²) in [6.45, 7) is 8.69. The SMILES string of the molecule is CCOc1cc(C(=O)O)c(OCC)c(OCC)c1OCC. The monoisotopic (exact) mass is 298 g/mol. The summed E-state index contributed by atoms with van der Waals surface area (Å²) < 4.78 is 22.1. The lowest BCUT2D eigenvalue weighted by atomic mass is 10.1. The number of carboxylic acid groups (broad SMARTS) is 1. The second-order valence-electron chi connectivity index (χ2n) is 3.95. The second kappa shape index (κ2) is 8.24. The van der Waals surface area contributed by atoms with Crippen LogP contribution in [-0.4, -0.2) is 37.5 Å². The van der Waals surface area contributed by atoms with Crippen LogP contribution in [0.5, 0.6) is 23.0 Å². The first-order chi connectivity index (χ1) is 10.1. The van der Waals surface area contributed by atoms with Crippen molar-refractivity contribution in [2.45, 2.75) is 27.7 Å². The first kappa shape index (κ1) is 16.9. The fourth-order valence-electron chi connectivity index (χ4n) is 1.87. The standard InChI is InChI=1S/C15H22O6/c1-5-18-11-9-10(15(16)17)12(19-6-2)14(21-8-4)13(11)20-7-3/h9H,5-8H2,1-4H3,(H,16,17). The van der Waals surface area contributed by atoms with Gasteiger partial charge in [0.1, 0.15) is 5.56 Å². The molecule has 0 amide bonds. The quantitative estimate of drug-likeness (QED) is 0.755. The van der Waals surface area contributed by atoms with Crippen molar-refractivity contribution < 1.29 is 28.8 Å². The van der Waals surface area contributed by atoms with Crippen molar-refractivity contribution in [2.24, 2.45) is 0 Å². The first-order valence-electron chi connectivity index (χ1n) is 7.05. The molecule has 0 aliphatic rings. The zero-order chi connectivity index (χ0) is 15.8. The summed E-state index contributed by atoms with van der Waals surface area (Å²) in [6.07, 6.45) is 0. The maximum Gasteiger partial charge on any atom is 0.339 e. The topological polar surface area (TPSA) is 74.2 Å². The zero-order valence-corrected chi connectivity index (χ0v) is 12.9. The number of carboxylic acids is 1. The lowest BCUT2D eigenvalue weighted by molar-refractivity contribution is 0.0690. The van der Waals surface area contributed by atoms with Crippen LogP contribution in [0.1, 0.15) is 38.1 Å². The minimum absolute atomic E-state index is 0.00722. The van der Waals surface area contributed by atoms with Gasteiger partial charge in [-0.15, -0.1) is 0 Å². The van der Waals surface area contributed by atoms with Crippen molar-refractivity contribution in [1.29, 1.82) is 0 Å². The highest BCUT2D eigenvalue weighted by Gasteiger charge is 2.26. The number of aromatic carboxylic acids is 1. The van der Waals surface area contributed by atoms with Crippen LogP contribution in [-0.2, 0) is 0 Å². The Hall–Kier alpha value is -2.11. The Morgan fingerprint density at radius 1 is 0.857 bits per heavy atom. The van der Waals surface area contributed by atoms with Crippen LogP contribution in [0.25, 0.3) is 0 Å². The van der Waals surface area contributed by atoms with E-state index in [4.69, 9.17) is 18.9 Å². The third-order valence-electron chi connectivity index (χ3n) is 2.55. The highest BCUT2D eigenvalue weighted by molar-refractivity contribution is 5.93. The van der Waals surface area contributed by atoms with Crippen molar-refractivity contribution in [2.75, 3.05) is 26.4 Å². The van der Waals surface area contributed by atoms with Gasteiger partial charge in [0.2, 0.25) is 11.5 Å². The van der Waals surface area contributed by atoms with E-state index in [1.165, 1.54) is 6.07 Å². The van der Waals surface area contributed by atoms with E-state index in [-0.39, 0.29) is 17.1 Å². The predicted octanol–water partition coefficient (Wildman–Crippen LogP) is 2.98. The fraction of sp³-hybridized carbons (Fsp3) is 0.533. The Morgan fingerprint density at radius 3 is 1.81 bits per heavy atom. The largest absolute Gasteiger partial charge is 0.490 e. The molecule has 0 bridgehead atoms. The summed E-state index contributed by atoms with van der Waals surface area (Å²) in [6, 6.07) is 1.41. The molecule has 0 aliphatic heterocycles. The molecule has 0 atom stereocenters. The summed E-state index contributed by atoms with van der Waals surface area (Å²) in [4.78, 5) is 11.4. The van der Waals surface area contributed by atoms with Crippen LogP contribution in [0.2, 0.25) is 0 Å². The van der Waals surface area contributed by atoms with Gasteiger partial charge in [0.05, 0.1) is 26.4 Å². The molecule has 1 rings (SSSR count). The van der Waals surface area contributed by atoms with Crippen LogP contribution < -0.4 is 18.9 Å². The van der Waals surface area contributed by atoms with Gasteiger partial charge in [0, 0.05) is 6.07 Å². The average Bonchev–Trinajstić information content (AvgIpc) is 2.44.